The summed E-state index contributed by atoms with van der Waals surface area (Å²) in [7, 11) is 0. The molecule has 0 atom stereocenters. The summed E-state index contributed by atoms with van der Waals surface area (Å²) in [4.78, 5) is 7.20. The largest absolute Gasteiger partial charge is 0.310 e. The maximum atomic E-state index is 2.43. The van der Waals surface area contributed by atoms with E-state index in [1.54, 1.807) is 0 Å². The van der Waals surface area contributed by atoms with Crippen LogP contribution in [0.1, 0.15) is 0 Å². The molecule has 0 saturated carbocycles. The molecule has 0 aliphatic carbocycles. The van der Waals surface area contributed by atoms with Crippen molar-refractivity contribution in [3.63, 3.8) is 0 Å². The first-order valence-electron chi connectivity index (χ1n) is 19.8. The molecule has 0 saturated heterocycles. The Morgan fingerprint density at radius 1 is 0.237 bits per heavy atom. The standard InChI is InChI=1S/C54H37N3S2/c1-6-18-38(19-7-1)55(39-20-8-2-9-21-39)44-31-33-52-48(35-44)54-49(57(41-24-12-4-13-25-41)42-26-14-5-15-27-42)36-45(37-53(54)59-52)56(40-22-10-3-11-23-40)43-30-32-51-47(34-43)46-28-16-17-29-50(46)58-51/h1-37H. The Morgan fingerprint density at radius 2 is 0.627 bits per heavy atom. The van der Waals surface area contributed by atoms with E-state index in [0.29, 0.717) is 0 Å². The van der Waals surface area contributed by atoms with E-state index in [-0.39, 0.29) is 0 Å². The lowest BCUT2D eigenvalue weighted by atomic mass is 10.0. The number of thiophene rings is 2. The van der Waals surface area contributed by atoms with Crippen molar-refractivity contribution in [2.75, 3.05) is 14.7 Å². The monoisotopic (exact) mass is 791 g/mol. The molecule has 2 aromatic heterocycles. The van der Waals surface area contributed by atoms with Gasteiger partial charge < -0.3 is 14.7 Å². The van der Waals surface area contributed by atoms with Crippen LogP contribution in [0.25, 0.3) is 40.3 Å². The third kappa shape index (κ3) is 6.38. The number of anilines is 9. The fourth-order valence-electron chi connectivity index (χ4n) is 8.36. The van der Waals surface area contributed by atoms with Crippen molar-refractivity contribution >= 4 is 114 Å². The third-order valence-corrected chi connectivity index (χ3v) is 13.2. The first kappa shape index (κ1) is 35.0. The van der Waals surface area contributed by atoms with E-state index in [9.17, 15) is 0 Å². The van der Waals surface area contributed by atoms with E-state index in [1.807, 2.05) is 22.7 Å². The second-order valence-corrected chi connectivity index (χ2v) is 16.8. The van der Waals surface area contributed by atoms with Crippen LogP contribution in [0.15, 0.2) is 224 Å². The van der Waals surface area contributed by atoms with Crippen LogP contribution in [0, 0.1) is 0 Å². The fraction of sp³-hybridized carbons (Fsp3) is 0. The summed E-state index contributed by atoms with van der Waals surface area (Å²) in [6.45, 7) is 0. The average molecular weight is 792 g/mol. The summed E-state index contributed by atoms with van der Waals surface area (Å²) in [5.41, 5.74) is 9.97. The van der Waals surface area contributed by atoms with Crippen LogP contribution in [-0.2, 0) is 0 Å². The van der Waals surface area contributed by atoms with Gasteiger partial charge in [0.1, 0.15) is 0 Å². The molecule has 0 bridgehead atoms. The number of hydrogen-bond donors (Lipinski definition) is 0. The summed E-state index contributed by atoms with van der Waals surface area (Å²) < 4.78 is 5.05. The van der Waals surface area contributed by atoms with Gasteiger partial charge in [0.2, 0.25) is 0 Å². The van der Waals surface area contributed by atoms with Crippen molar-refractivity contribution in [3.05, 3.63) is 224 Å². The molecule has 9 aromatic carbocycles. The number of para-hydroxylation sites is 5. The second-order valence-electron chi connectivity index (χ2n) is 14.6. The van der Waals surface area contributed by atoms with Crippen molar-refractivity contribution < 1.29 is 0 Å². The molecule has 3 nitrogen and oxygen atoms in total. The highest BCUT2D eigenvalue weighted by molar-refractivity contribution is 7.26. The van der Waals surface area contributed by atoms with Gasteiger partial charge in [-0.05, 0) is 115 Å². The number of rotatable bonds is 9. The van der Waals surface area contributed by atoms with Gasteiger partial charge in [-0.2, -0.15) is 0 Å². The molecule has 0 amide bonds. The van der Waals surface area contributed by atoms with Gasteiger partial charge in [0, 0.05) is 85.8 Å². The van der Waals surface area contributed by atoms with Crippen LogP contribution in [0.5, 0.6) is 0 Å². The predicted molar refractivity (Wildman–Crippen MR) is 256 cm³/mol. The minimum Gasteiger partial charge on any atom is -0.310 e. The molecule has 0 fully saturated rings. The molecule has 0 spiro atoms. The normalized spacial score (nSPS) is 11.4. The first-order chi connectivity index (χ1) is 29.3. The lowest BCUT2D eigenvalue weighted by molar-refractivity contribution is 1.27. The Labute approximate surface area is 351 Å². The summed E-state index contributed by atoms with van der Waals surface area (Å²) >= 11 is 3.71. The summed E-state index contributed by atoms with van der Waals surface area (Å²) in [6.07, 6.45) is 0. The second kappa shape index (κ2) is 15.0. The quantitative estimate of drug-likeness (QED) is 0.144. The van der Waals surface area contributed by atoms with Gasteiger partial charge in [0.15, 0.2) is 0 Å². The number of hydrogen-bond acceptors (Lipinski definition) is 5. The van der Waals surface area contributed by atoms with E-state index in [4.69, 9.17) is 0 Å². The van der Waals surface area contributed by atoms with Crippen LogP contribution in [0.2, 0.25) is 0 Å². The lowest BCUT2D eigenvalue weighted by Gasteiger charge is -2.30. The smallest absolute Gasteiger partial charge is 0.0575 e. The maximum absolute atomic E-state index is 2.43. The van der Waals surface area contributed by atoms with Crippen molar-refractivity contribution in [2.45, 2.75) is 0 Å². The highest BCUT2D eigenvalue weighted by Gasteiger charge is 2.24. The van der Waals surface area contributed by atoms with E-state index < -0.39 is 0 Å². The van der Waals surface area contributed by atoms with Crippen molar-refractivity contribution in [1.82, 2.24) is 0 Å². The van der Waals surface area contributed by atoms with Crippen molar-refractivity contribution in [1.29, 1.82) is 0 Å². The molecule has 280 valence electrons. The van der Waals surface area contributed by atoms with Gasteiger partial charge in [-0.15, -0.1) is 22.7 Å². The fourth-order valence-corrected chi connectivity index (χ4v) is 10.6. The highest BCUT2D eigenvalue weighted by atomic mass is 32.1. The van der Waals surface area contributed by atoms with Crippen LogP contribution in [0.4, 0.5) is 51.2 Å². The molecule has 59 heavy (non-hydrogen) atoms. The Balaban J connectivity index is 1.20. The zero-order chi connectivity index (χ0) is 39.1. The van der Waals surface area contributed by atoms with E-state index in [2.05, 4.69) is 239 Å². The molecular weight excluding hydrogens is 755 g/mol. The average Bonchev–Trinajstić information content (AvgIpc) is 3.86. The molecule has 0 N–H and O–H groups in total. The molecule has 11 aromatic rings. The lowest BCUT2D eigenvalue weighted by Crippen LogP contribution is -2.13. The van der Waals surface area contributed by atoms with Gasteiger partial charge in [0.25, 0.3) is 0 Å². The van der Waals surface area contributed by atoms with Gasteiger partial charge in [-0.3, -0.25) is 0 Å². The zero-order valence-electron chi connectivity index (χ0n) is 32.0. The Hall–Kier alpha value is -7.18. The molecule has 11 rings (SSSR count). The minimum absolute atomic E-state index is 1.09. The number of fused-ring (bicyclic) bond motifs is 6. The SMILES string of the molecule is c1ccc(N(c2cc(N(c3ccccc3)c3ccccc3)c3c(c2)sc2ccc(N(c4ccccc4)c4ccccc4)cc23)c2ccc3sc4ccccc4c3c2)cc1. The molecule has 0 aliphatic heterocycles. The summed E-state index contributed by atoms with van der Waals surface area (Å²) in [5, 5.41) is 5.00. The number of benzene rings is 9. The third-order valence-electron chi connectivity index (χ3n) is 11.0. The van der Waals surface area contributed by atoms with Gasteiger partial charge in [0.05, 0.1) is 5.69 Å². The van der Waals surface area contributed by atoms with Crippen molar-refractivity contribution in [3.8, 4) is 0 Å². The van der Waals surface area contributed by atoms with Gasteiger partial charge >= 0.3 is 0 Å². The number of nitrogens with zero attached hydrogens (tertiary/aromatic N) is 3. The topological polar surface area (TPSA) is 9.72 Å². The highest BCUT2D eigenvalue weighted by Crippen LogP contribution is 2.50. The predicted octanol–water partition coefficient (Wildman–Crippen LogP) is 16.8. The molecule has 5 heteroatoms. The minimum atomic E-state index is 1.09. The Bertz CT molecular complexity index is 3140. The van der Waals surface area contributed by atoms with E-state index >= 15 is 0 Å². The molecule has 2 heterocycles. The van der Waals surface area contributed by atoms with Crippen LogP contribution < -0.4 is 14.7 Å². The molecule has 0 unspecified atom stereocenters. The van der Waals surface area contributed by atoms with Crippen LogP contribution in [-0.4, -0.2) is 0 Å². The summed E-state index contributed by atoms with van der Waals surface area (Å²) in [5.74, 6) is 0. The molecular formula is C54H37N3S2. The zero-order valence-corrected chi connectivity index (χ0v) is 33.7. The molecule has 0 aliphatic rings. The van der Waals surface area contributed by atoms with E-state index in [1.165, 1.54) is 40.3 Å². The van der Waals surface area contributed by atoms with E-state index in [0.717, 1.165) is 51.2 Å². The van der Waals surface area contributed by atoms with Crippen molar-refractivity contribution in [2.24, 2.45) is 0 Å². The molecule has 0 radical (unpaired) electrons. The Kier molecular flexibility index (Phi) is 8.88. The Morgan fingerprint density at radius 3 is 1.15 bits per heavy atom. The van der Waals surface area contributed by atoms with Gasteiger partial charge in [-0.1, -0.05) is 109 Å². The van der Waals surface area contributed by atoms with Crippen LogP contribution >= 0.6 is 22.7 Å². The first-order valence-corrected chi connectivity index (χ1v) is 21.5. The van der Waals surface area contributed by atoms with Crippen LogP contribution in [0.3, 0.4) is 0 Å². The van der Waals surface area contributed by atoms with Gasteiger partial charge in [-0.25, -0.2) is 0 Å². The maximum Gasteiger partial charge on any atom is 0.0575 e. The summed E-state index contributed by atoms with van der Waals surface area (Å²) in [6, 6.07) is 81.1.